The lowest BCUT2D eigenvalue weighted by Crippen LogP contribution is -2.15. The monoisotopic (exact) mass is 220 g/mol. The SMILES string of the molecule is CCOC(c1ncc(C#N)c(N)n1)C(C)C. The summed E-state index contributed by atoms with van der Waals surface area (Å²) >= 11 is 0. The van der Waals surface area contributed by atoms with Crippen LogP contribution in [0.15, 0.2) is 6.20 Å². The number of nitrogen functional groups attached to an aromatic ring is 1. The molecule has 5 nitrogen and oxygen atoms in total. The lowest BCUT2D eigenvalue weighted by molar-refractivity contribution is 0.0233. The van der Waals surface area contributed by atoms with Gasteiger partial charge in [0.1, 0.15) is 23.6 Å². The number of aromatic nitrogens is 2. The Labute approximate surface area is 95.3 Å². The van der Waals surface area contributed by atoms with E-state index in [-0.39, 0.29) is 17.8 Å². The number of rotatable bonds is 4. The summed E-state index contributed by atoms with van der Waals surface area (Å²) in [6.07, 6.45) is 1.26. The molecule has 0 saturated heterocycles. The van der Waals surface area contributed by atoms with E-state index in [4.69, 9.17) is 15.7 Å². The van der Waals surface area contributed by atoms with Crippen LogP contribution < -0.4 is 5.73 Å². The number of ether oxygens (including phenoxy) is 1. The van der Waals surface area contributed by atoms with Crippen LogP contribution in [-0.4, -0.2) is 16.6 Å². The van der Waals surface area contributed by atoms with Crippen molar-refractivity contribution in [3.63, 3.8) is 0 Å². The van der Waals surface area contributed by atoms with Crippen molar-refractivity contribution in [1.29, 1.82) is 5.26 Å². The maximum atomic E-state index is 8.72. The Balaban J connectivity index is 3.03. The molecule has 0 aromatic carbocycles. The van der Waals surface area contributed by atoms with Gasteiger partial charge < -0.3 is 10.5 Å². The van der Waals surface area contributed by atoms with Gasteiger partial charge in [0.05, 0.1) is 6.20 Å². The predicted octanol–water partition coefficient (Wildman–Crippen LogP) is 1.66. The van der Waals surface area contributed by atoms with Gasteiger partial charge >= 0.3 is 0 Å². The minimum Gasteiger partial charge on any atom is -0.382 e. The molecular formula is C11H16N4O. The molecule has 0 amide bonds. The molecule has 0 radical (unpaired) electrons. The highest BCUT2D eigenvalue weighted by Gasteiger charge is 2.19. The standard InChI is InChI=1S/C11H16N4O/c1-4-16-9(7(2)3)11-14-6-8(5-12)10(13)15-11/h6-7,9H,4H2,1-3H3,(H2,13,14,15). The zero-order valence-corrected chi connectivity index (χ0v) is 9.77. The molecule has 0 aliphatic heterocycles. The second-order valence-corrected chi connectivity index (χ2v) is 3.76. The molecule has 1 unspecified atom stereocenters. The first-order valence-electron chi connectivity index (χ1n) is 5.24. The molecule has 1 aromatic heterocycles. The second-order valence-electron chi connectivity index (χ2n) is 3.76. The Morgan fingerprint density at radius 2 is 2.25 bits per heavy atom. The van der Waals surface area contributed by atoms with Gasteiger partial charge in [-0.3, -0.25) is 0 Å². The highest BCUT2D eigenvalue weighted by atomic mass is 16.5. The molecule has 0 aliphatic carbocycles. The zero-order chi connectivity index (χ0) is 12.1. The van der Waals surface area contributed by atoms with Crippen molar-refractivity contribution in [3.05, 3.63) is 17.6 Å². The van der Waals surface area contributed by atoms with Gasteiger partial charge in [-0.05, 0) is 12.8 Å². The Morgan fingerprint density at radius 1 is 1.56 bits per heavy atom. The summed E-state index contributed by atoms with van der Waals surface area (Å²) in [5.41, 5.74) is 5.93. The van der Waals surface area contributed by atoms with Gasteiger partial charge in [0.2, 0.25) is 0 Å². The molecule has 5 heteroatoms. The van der Waals surface area contributed by atoms with E-state index < -0.39 is 0 Å². The molecule has 0 fully saturated rings. The molecule has 0 bridgehead atoms. The van der Waals surface area contributed by atoms with Crippen LogP contribution in [0.4, 0.5) is 5.82 Å². The number of anilines is 1. The van der Waals surface area contributed by atoms with Gasteiger partial charge in [0, 0.05) is 6.61 Å². The summed E-state index contributed by atoms with van der Waals surface area (Å²) < 4.78 is 5.55. The highest BCUT2D eigenvalue weighted by Crippen LogP contribution is 2.23. The third-order valence-corrected chi connectivity index (χ3v) is 2.16. The zero-order valence-electron chi connectivity index (χ0n) is 9.77. The fraction of sp³-hybridized carbons (Fsp3) is 0.545. The average Bonchev–Trinajstić information content (AvgIpc) is 2.25. The van der Waals surface area contributed by atoms with Crippen LogP contribution in [0.25, 0.3) is 0 Å². The van der Waals surface area contributed by atoms with E-state index >= 15 is 0 Å². The molecule has 0 spiro atoms. The summed E-state index contributed by atoms with van der Waals surface area (Å²) in [5.74, 6) is 0.999. The summed E-state index contributed by atoms with van der Waals surface area (Å²) in [4.78, 5) is 8.22. The molecule has 0 saturated carbocycles. The summed E-state index contributed by atoms with van der Waals surface area (Å²) in [5, 5.41) is 8.72. The van der Waals surface area contributed by atoms with Gasteiger partial charge in [0.15, 0.2) is 5.82 Å². The van der Waals surface area contributed by atoms with Crippen LogP contribution in [0.3, 0.4) is 0 Å². The van der Waals surface area contributed by atoms with Crippen molar-refractivity contribution in [2.75, 3.05) is 12.3 Å². The van der Waals surface area contributed by atoms with E-state index in [1.807, 2.05) is 26.8 Å². The van der Waals surface area contributed by atoms with Crippen LogP contribution in [0.1, 0.15) is 38.3 Å². The van der Waals surface area contributed by atoms with Gasteiger partial charge in [-0.15, -0.1) is 0 Å². The van der Waals surface area contributed by atoms with E-state index in [9.17, 15) is 0 Å². The van der Waals surface area contributed by atoms with Crippen LogP contribution in [0.5, 0.6) is 0 Å². The van der Waals surface area contributed by atoms with Crippen molar-refractivity contribution >= 4 is 5.82 Å². The molecule has 1 rings (SSSR count). The van der Waals surface area contributed by atoms with E-state index in [0.29, 0.717) is 18.0 Å². The number of nitrogens with zero attached hydrogens (tertiary/aromatic N) is 3. The molecular weight excluding hydrogens is 204 g/mol. The van der Waals surface area contributed by atoms with Gasteiger partial charge in [0.25, 0.3) is 0 Å². The van der Waals surface area contributed by atoms with E-state index in [0.717, 1.165) is 0 Å². The fourth-order valence-electron chi connectivity index (χ4n) is 1.38. The van der Waals surface area contributed by atoms with Crippen LogP contribution in [0, 0.1) is 17.2 Å². The maximum Gasteiger partial charge on any atom is 0.159 e. The lowest BCUT2D eigenvalue weighted by Gasteiger charge is -2.19. The molecule has 16 heavy (non-hydrogen) atoms. The third-order valence-electron chi connectivity index (χ3n) is 2.16. The minimum atomic E-state index is -0.181. The number of hydrogen-bond acceptors (Lipinski definition) is 5. The van der Waals surface area contributed by atoms with E-state index in [1.54, 1.807) is 0 Å². The van der Waals surface area contributed by atoms with Crippen molar-refractivity contribution in [2.24, 2.45) is 5.92 Å². The number of nitriles is 1. The molecule has 2 N–H and O–H groups in total. The van der Waals surface area contributed by atoms with Crippen LogP contribution in [0.2, 0.25) is 0 Å². The van der Waals surface area contributed by atoms with Crippen molar-refractivity contribution < 1.29 is 4.74 Å². The van der Waals surface area contributed by atoms with Gasteiger partial charge in [-0.25, -0.2) is 9.97 Å². The first kappa shape index (κ1) is 12.4. The third kappa shape index (κ3) is 2.67. The lowest BCUT2D eigenvalue weighted by atomic mass is 10.1. The maximum absolute atomic E-state index is 8.72. The fourth-order valence-corrected chi connectivity index (χ4v) is 1.38. The van der Waals surface area contributed by atoms with Crippen molar-refractivity contribution in [3.8, 4) is 6.07 Å². The number of hydrogen-bond donors (Lipinski definition) is 1. The molecule has 1 heterocycles. The predicted molar refractivity (Wildman–Crippen MR) is 60.4 cm³/mol. The Kier molecular flexibility index (Phi) is 4.20. The summed E-state index contributed by atoms with van der Waals surface area (Å²) in [6.45, 7) is 6.56. The average molecular weight is 220 g/mol. The Morgan fingerprint density at radius 3 is 2.69 bits per heavy atom. The number of nitrogens with two attached hydrogens (primary N) is 1. The molecule has 1 aromatic rings. The second kappa shape index (κ2) is 5.42. The molecule has 86 valence electrons. The van der Waals surface area contributed by atoms with Gasteiger partial charge in [-0.2, -0.15) is 5.26 Å². The normalized spacial score (nSPS) is 12.4. The highest BCUT2D eigenvalue weighted by molar-refractivity contribution is 5.46. The van der Waals surface area contributed by atoms with Crippen LogP contribution in [-0.2, 0) is 4.74 Å². The summed E-state index contributed by atoms with van der Waals surface area (Å²) in [7, 11) is 0. The van der Waals surface area contributed by atoms with Crippen LogP contribution >= 0.6 is 0 Å². The Hall–Kier alpha value is -1.67. The topological polar surface area (TPSA) is 84.8 Å². The summed E-state index contributed by atoms with van der Waals surface area (Å²) in [6, 6.07) is 1.93. The van der Waals surface area contributed by atoms with Crippen molar-refractivity contribution in [2.45, 2.75) is 26.9 Å². The quantitative estimate of drug-likeness (QED) is 0.834. The Bertz CT molecular complexity index is 397. The van der Waals surface area contributed by atoms with E-state index in [1.165, 1.54) is 6.20 Å². The molecule has 0 aliphatic rings. The largest absolute Gasteiger partial charge is 0.382 e. The van der Waals surface area contributed by atoms with Crippen molar-refractivity contribution in [1.82, 2.24) is 9.97 Å². The molecule has 1 atom stereocenters. The first-order valence-corrected chi connectivity index (χ1v) is 5.24. The smallest absolute Gasteiger partial charge is 0.159 e. The van der Waals surface area contributed by atoms with Gasteiger partial charge in [-0.1, -0.05) is 13.8 Å². The van der Waals surface area contributed by atoms with E-state index in [2.05, 4.69) is 9.97 Å². The first-order chi connectivity index (χ1) is 7.60. The minimum absolute atomic E-state index is 0.181.